The second-order valence-corrected chi connectivity index (χ2v) is 8.37. The molecular formula is C29H25NO3. The van der Waals surface area contributed by atoms with Crippen LogP contribution in [-0.2, 0) is 18.3 Å². The van der Waals surface area contributed by atoms with Gasteiger partial charge in [-0.2, -0.15) is 0 Å². The van der Waals surface area contributed by atoms with Crippen molar-refractivity contribution in [1.82, 2.24) is 4.57 Å². The second kappa shape index (κ2) is 8.80. The summed E-state index contributed by atoms with van der Waals surface area (Å²) in [6.45, 7) is 6.09. The monoisotopic (exact) mass is 435 g/mol. The third kappa shape index (κ3) is 4.18. The summed E-state index contributed by atoms with van der Waals surface area (Å²) in [5, 5.41) is 1.40. The average Bonchev–Trinajstić information content (AvgIpc) is 2.79. The van der Waals surface area contributed by atoms with Crippen molar-refractivity contribution in [2.24, 2.45) is 7.05 Å². The lowest BCUT2D eigenvalue weighted by Gasteiger charge is -2.19. The van der Waals surface area contributed by atoms with E-state index in [4.69, 9.17) is 11.2 Å². The van der Waals surface area contributed by atoms with Gasteiger partial charge in [0.05, 0.1) is 0 Å². The zero-order valence-corrected chi connectivity index (χ0v) is 19.2. The molecule has 164 valence electrons. The van der Waals surface area contributed by atoms with E-state index in [1.54, 1.807) is 17.8 Å². The lowest BCUT2D eigenvalue weighted by Crippen LogP contribution is -2.17. The van der Waals surface area contributed by atoms with Crippen molar-refractivity contribution >= 4 is 16.6 Å². The van der Waals surface area contributed by atoms with E-state index in [0.717, 1.165) is 44.5 Å². The number of fused-ring (bicyclic) bond motifs is 1. The van der Waals surface area contributed by atoms with Gasteiger partial charge in [-0.15, -0.1) is 6.42 Å². The van der Waals surface area contributed by atoms with Crippen LogP contribution in [0, 0.1) is 33.1 Å². The summed E-state index contributed by atoms with van der Waals surface area (Å²) in [6, 6.07) is 17.3. The number of ketones is 1. The van der Waals surface area contributed by atoms with Gasteiger partial charge in [-0.05, 0) is 60.9 Å². The maximum atomic E-state index is 12.8. The fourth-order valence-corrected chi connectivity index (χ4v) is 4.39. The van der Waals surface area contributed by atoms with Gasteiger partial charge in [-0.1, -0.05) is 48.0 Å². The Morgan fingerprint density at radius 3 is 2.33 bits per heavy atom. The van der Waals surface area contributed by atoms with Crippen LogP contribution in [0.4, 0.5) is 0 Å². The highest BCUT2D eigenvalue weighted by molar-refractivity contribution is 6.01. The van der Waals surface area contributed by atoms with Gasteiger partial charge in [0.15, 0.2) is 0 Å². The summed E-state index contributed by atoms with van der Waals surface area (Å²) in [6.07, 6.45) is 7.26. The number of benzene rings is 3. The Balaban J connectivity index is 2.03. The number of aromatic nitrogens is 1. The van der Waals surface area contributed by atoms with E-state index in [1.165, 1.54) is 0 Å². The molecule has 1 aromatic heterocycles. The molecule has 0 radical (unpaired) electrons. The van der Waals surface area contributed by atoms with Gasteiger partial charge in [0.1, 0.15) is 11.5 Å². The van der Waals surface area contributed by atoms with Crippen molar-refractivity contribution in [1.29, 1.82) is 0 Å². The Kier molecular flexibility index (Phi) is 5.89. The molecule has 0 saturated carbocycles. The maximum absolute atomic E-state index is 12.8. The van der Waals surface area contributed by atoms with E-state index < -0.39 is 0 Å². The number of pyridine rings is 1. The van der Waals surface area contributed by atoms with Crippen molar-refractivity contribution < 1.29 is 9.53 Å². The first-order valence-corrected chi connectivity index (χ1v) is 10.8. The first-order valence-electron chi connectivity index (χ1n) is 10.8. The number of Topliss-reactive ketones (excluding diaryl/α,β-unsaturated/α-hetero) is 1. The molecule has 0 spiro atoms. The second-order valence-electron chi connectivity index (χ2n) is 8.37. The smallest absolute Gasteiger partial charge is 0.258 e. The average molecular weight is 436 g/mol. The highest BCUT2D eigenvalue weighted by Crippen LogP contribution is 2.41. The standard InChI is InChI=1S/C29H25NO3/c1-6-22(31)16-21-10-9-13-26(33-28-19(3)14-18(2)15-20(28)4)27(21)25-17-30(5)29(32)24-12-8-7-11-23(24)25/h1,7-15,17H,16H2,2-5H3. The van der Waals surface area contributed by atoms with Gasteiger partial charge in [-0.25, -0.2) is 0 Å². The molecule has 4 rings (SSSR count). The van der Waals surface area contributed by atoms with Crippen LogP contribution in [0.1, 0.15) is 22.3 Å². The fourth-order valence-electron chi connectivity index (χ4n) is 4.39. The number of hydrogen-bond donors (Lipinski definition) is 0. The lowest BCUT2D eigenvalue weighted by molar-refractivity contribution is -0.113. The molecule has 0 fully saturated rings. The van der Waals surface area contributed by atoms with Crippen LogP contribution in [0.3, 0.4) is 0 Å². The molecule has 0 aliphatic heterocycles. The number of rotatable bonds is 5. The SMILES string of the molecule is C#CC(=O)Cc1cccc(Oc2c(C)cc(C)cc2C)c1-c1cn(C)c(=O)c2ccccc12. The van der Waals surface area contributed by atoms with Gasteiger partial charge < -0.3 is 9.30 Å². The third-order valence-electron chi connectivity index (χ3n) is 5.80. The first-order chi connectivity index (χ1) is 15.8. The summed E-state index contributed by atoms with van der Waals surface area (Å²) in [7, 11) is 1.72. The molecule has 0 atom stereocenters. The van der Waals surface area contributed by atoms with Crippen LogP contribution in [-0.4, -0.2) is 10.4 Å². The molecule has 3 aromatic carbocycles. The number of carbonyl (C=O) groups is 1. The van der Waals surface area contributed by atoms with Gasteiger partial charge in [0.25, 0.3) is 5.56 Å². The molecule has 0 bridgehead atoms. The van der Waals surface area contributed by atoms with Gasteiger partial charge in [0, 0.05) is 36.2 Å². The van der Waals surface area contributed by atoms with E-state index in [1.807, 2.05) is 56.3 Å². The minimum absolute atomic E-state index is 0.0755. The lowest BCUT2D eigenvalue weighted by atomic mass is 9.93. The first kappa shape index (κ1) is 22.1. The number of hydrogen-bond acceptors (Lipinski definition) is 3. The molecule has 0 N–H and O–H groups in total. The Bertz CT molecular complexity index is 1480. The molecule has 33 heavy (non-hydrogen) atoms. The Labute approximate surface area is 193 Å². The van der Waals surface area contributed by atoms with E-state index >= 15 is 0 Å². The van der Waals surface area contributed by atoms with Crippen LogP contribution in [0.15, 0.2) is 65.6 Å². The molecule has 0 amide bonds. The third-order valence-corrected chi connectivity index (χ3v) is 5.80. The summed E-state index contributed by atoms with van der Waals surface area (Å²) < 4.78 is 8.06. The van der Waals surface area contributed by atoms with Crippen LogP contribution in [0.5, 0.6) is 11.5 Å². The van der Waals surface area contributed by atoms with Crippen LogP contribution < -0.4 is 10.3 Å². The molecule has 1 heterocycles. The van der Waals surface area contributed by atoms with Gasteiger partial charge in [0.2, 0.25) is 5.78 Å². The van der Waals surface area contributed by atoms with Crippen LogP contribution >= 0.6 is 0 Å². The molecule has 4 aromatic rings. The number of terminal acetylenes is 1. The fraction of sp³-hybridized carbons (Fsp3) is 0.172. The Hall–Kier alpha value is -4.10. The quantitative estimate of drug-likeness (QED) is 0.300. The highest BCUT2D eigenvalue weighted by Gasteiger charge is 2.19. The molecule has 0 aliphatic rings. The number of carbonyl (C=O) groups excluding carboxylic acids is 1. The molecule has 0 saturated heterocycles. The number of aryl methyl sites for hydroxylation is 4. The molecule has 4 nitrogen and oxygen atoms in total. The van der Waals surface area contributed by atoms with Crippen molar-refractivity contribution in [2.75, 3.05) is 0 Å². The topological polar surface area (TPSA) is 48.3 Å². The van der Waals surface area contributed by atoms with Crippen molar-refractivity contribution in [3.63, 3.8) is 0 Å². The molecule has 4 heteroatoms. The number of nitrogens with zero attached hydrogens (tertiary/aromatic N) is 1. The molecule has 0 aliphatic carbocycles. The van der Waals surface area contributed by atoms with E-state index in [2.05, 4.69) is 25.0 Å². The number of ether oxygens (including phenoxy) is 1. The molecular weight excluding hydrogens is 410 g/mol. The van der Waals surface area contributed by atoms with Crippen LogP contribution in [0.2, 0.25) is 0 Å². The minimum atomic E-state index is -0.315. The van der Waals surface area contributed by atoms with E-state index in [0.29, 0.717) is 11.1 Å². The summed E-state index contributed by atoms with van der Waals surface area (Å²) in [5.74, 6) is 3.28. The zero-order valence-electron chi connectivity index (χ0n) is 19.2. The van der Waals surface area contributed by atoms with Crippen molar-refractivity contribution in [2.45, 2.75) is 27.2 Å². The maximum Gasteiger partial charge on any atom is 0.258 e. The Morgan fingerprint density at radius 1 is 1.00 bits per heavy atom. The minimum Gasteiger partial charge on any atom is -0.456 e. The molecule has 0 unspecified atom stereocenters. The summed E-state index contributed by atoms with van der Waals surface area (Å²) in [4.78, 5) is 25.0. The summed E-state index contributed by atoms with van der Waals surface area (Å²) >= 11 is 0. The summed E-state index contributed by atoms with van der Waals surface area (Å²) in [5.41, 5.74) is 5.44. The van der Waals surface area contributed by atoms with E-state index in [-0.39, 0.29) is 17.8 Å². The van der Waals surface area contributed by atoms with Crippen molar-refractivity contribution in [3.8, 4) is 35.0 Å². The Morgan fingerprint density at radius 2 is 1.67 bits per heavy atom. The largest absolute Gasteiger partial charge is 0.456 e. The zero-order chi connectivity index (χ0) is 23.7. The highest BCUT2D eigenvalue weighted by atomic mass is 16.5. The van der Waals surface area contributed by atoms with Crippen molar-refractivity contribution in [3.05, 3.63) is 93.4 Å². The predicted molar refractivity (Wildman–Crippen MR) is 133 cm³/mol. The van der Waals surface area contributed by atoms with Gasteiger partial charge >= 0.3 is 0 Å². The van der Waals surface area contributed by atoms with E-state index in [9.17, 15) is 9.59 Å². The van der Waals surface area contributed by atoms with Gasteiger partial charge in [-0.3, -0.25) is 9.59 Å². The predicted octanol–water partition coefficient (Wildman–Crippen LogP) is 5.67. The normalized spacial score (nSPS) is 10.8. The van der Waals surface area contributed by atoms with Crippen LogP contribution in [0.25, 0.3) is 21.9 Å².